The van der Waals surface area contributed by atoms with Gasteiger partial charge in [-0.2, -0.15) is 0 Å². The second-order valence-corrected chi connectivity index (χ2v) is 5.94. The number of carboxylic acids is 1. The average Bonchev–Trinajstić information content (AvgIpc) is 2.82. The smallest absolute Gasteiger partial charge is 0.352 e. The van der Waals surface area contributed by atoms with Crippen LogP contribution in [0.15, 0.2) is 40.1 Å². The van der Waals surface area contributed by atoms with Gasteiger partial charge in [0.05, 0.1) is 5.69 Å². The topological polar surface area (TPSA) is 112 Å². The number of rotatable bonds is 4. The molecule has 2 aromatic heterocycles. The van der Waals surface area contributed by atoms with E-state index in [-0.39, 0.29) is 16.3 Å². The van der Waals surface area contributed by atoms with E-state index in [1.807, 2.05) is 0 Å². The van der Waals surface area contributed by atoms with Crippen molar-refractivity contribution in [1.29, 1.82) is 0 Å². The third-order valence-corrected chi connectivity index (χ3v) is 4.18. The molecule has 0 fully saturated rings. The molecule has 2 heterocycles. The fourth-order valence-corrected chi connectivity index (χ4v) is 2.86. The first-order valence-electron chi connectivity index (χ1n) is 4.95. The number of H-pyrrole nitrogens is 1. The van der Waals surface area contributed by atoms with Gasteiger partial charge in [0, 0.05) is 12.4 Å². The molecule has 2 aromatic rings. The maximum atomic E-state index is 12.0. The Kier molecular flexibility index (Phi) is 3.58. The maximum Gasteiger partial charge on any atom is 0.352 e. The molecule has 0 saturated heterocycles. The highest BCUT2D eigenvalue weighted by molar-refractivity contribution is 9.10. The highest BCUT2D eigenvalue weighted by Gasteiger charge is 2.19. The van der Waals surface area contributed by atoms with Crippen LogP contribution >= 0.6 is 15.9 Å². The predicted octanol–water partition coefficient (Wildman–Crippen LogP) is 1.67. The molecule has 0 bridgehead atoms. The van der Waals surface area contributed by atoms with E-state index < -0.39 is 16.0 Å². The van der Waals surface area contributed by atoms with Crippen molar-refractivity contribution in [3.8, 4) is 0 Å². The Morgan fingerprint density at radius 3 is 2.79 bits per heavy atom. The number of aromatic nitrogens is 2. The third-order valence-electron chi connectivity index (χ3n) is 2.20. The first kappa shape index (κ1) is 13.6. The lowest BCUT2D eigenvalue weighted by atomic mass is 10.4. The molecule has 7 nitrogen and oxygen atoms in total. The van der Waals surface area contributed by atoms with Gasteiger partial charge in [0.1, 0.15) is 15.2 Å². The summed E-state index contributed by atoms with van der Waals surface area (Å²) in [6, 6.07) is 4.14. The summed E-state index contributed by atoms with van der Waals surface area (Å²) in [6.45, 7) is 0. The molecule has 3 N–H and O–H groups in total. The van der Waals surface area contributed by atoms with Crippen LogP contribution in [0.4, 0.5) is 5.69 Å². The van der Waals surface area contributed by atoms with Crippen LogP contribution in [0, 0.1) is 0 Å². The number of hydrogen-bond donors (Lipinski definition) is 3. The third kappa shape index (κ3) is 2.93. The van der Waals surface area contributed by atoms with Gasteiger partial charge in [-0.15, -0.1) is 0 Å². The molecule has 0 spiro atoms. The summed E-state index contributed by atoms with van der Waals surface area (Å²) in [4.78, 5) is 16.8. The first-order valence-corrected chi connectivity index (χ1v) is 7.23. The van der Waals surface area contributed by atoms with Crippen LogP contribution in [0.1, 0.15) is 10.5 Å². The molecule has 0 aliphatic heterocycles. The van der Waals surface area contributed by atoms with Crippen LogP contribution in [0.2, 0.25) is 0 Å². The van der Waals surface area contributed by atoms with Crippen LogP contribution in [-0.2, 0) is 10.0 Å². The zero-order valence-electron chi connectivity index (χ0n) is 9.29. The van der Waals surface area contributed by atoms with Gasteiger partial charge in [-0.1, -0.05) is 0 Å². The summed E-state index contributed by atoms with van der Waals surface area (Å²) >= 11 is 3.11. The Morgan fingerprint density at radius 1 is 1.47 bits per heavy atom. The van der Waals surface area contributed by atoms with Crippen LogP contribution in [0.5, 0.6) is 0 Å². The van der Waals surface area contributed by atoms with Crippen molar-refractivity contribution < 1.29 is 18.3 Å². The van der Waals surface area contributed by atoms with Gasteiger partial charge in [0.2, 0.25) is 0 Å². The summed E-state index contributed by atoms with van der Waals surface area (Å²) in [5, 5.41) is 8.73. The Balaban J connectivity index is 2.32. The summed E-state index contributed by atoms with van der Waals surface area (Å²) < 4.78 is 26.7. The zero-order valence-corrected chi connectivity index (χ0v) is 11.7. The number of pyridine rings is 1. The monoisotopic (exact) mass is 345 g/mol. The van der Waals surface area contributed by atoms with E-state index in [2.05, 4.69) is 30.6 Å². The minimum Gasteiger partial charge on any atom is -0.477 e. The number of nitrogens with zero attached hydrogens (tertiary/aromatic N) is 1. The van der Waals surface area contributed by atoms with Crippen molar-refractivity contribution in [2.45, 2.75) is 4.90 Å². The Morgan fingerprint density at radius 2 is 2.21 bits per heavy atom. The molecule has 0 radical (unpaired) electrons. The average molecular weight is 346 g/mol. The van der Waals surface area contributed by atoms with Gasteiger partial charge in [0.25, 0.3) is 10.0 Å². The second-order valence-electron chi connectivity index (χ2n) is 3.50. The summed E-state index contributed by atoms with van der Waals surface area (Å²) in [7, 11) is -3.86. The van der Waals surface area contributed by atoms with Crippen LogP contribution in [-0.4, -0.2) is 29.5 Å². The van der Waals surface area contributed by atoms with Crippen LogP contribution in [0.3, 0.4) is 0 Å². The van der Waals surface area contributed by atoms with E-state index in [1.165, 1.54) is 12.3 Å². The number of hydrogen-bond acceptors (Lipinski definition) is 4. The highest BCUT2D eigenvalue weighted by Crippen LogP contribution is 2.22. The zero-order chi connectivity index (χ0) is 14.0. The number of sulfonamides is 1. The normalized spacial score (nSPS) is 11.2. The van der Waals surface area contributed by atoms with Crippen molar-refractivity contribution in [1.82, 2.24) is 9.97 Å². The lowest BCUT2D eigenvalue weighted by Gasteiger charge is -2.07. The van der Waals surface area contributed by atoms with Gasteiger partial charge in [0.15, 0.2) is 0 Å². The van der Waals surface area contributed by atoms with Crippen molar-refractivity contribution in [3.63, 3.8) is 0 Å². The van der Waals surface area contributed by atoms with E-state index in [1.54, 1.807) is 6.07 Å². The molecule has 0 unspecified atom stereocenters. The molecule has 0 saturated carbocycles. The standard InChI is InChI=1S/C10H8BrN3O4S/c11-9-7(2-1-3-12-9)14-19(17,18)6-4-8(10(15)16)13-5-6/h1-5,13-14H,(H,15,16). The molecular formula is C10H8BrN3O4S. The molecule has 0 aromatic carbocycles. The lowest BCUT2D eigenvalue weighted by molar-refractivity contribution is 0.0691. The quantitative estimate of drug-likeness (QED) is 0.729. The number of anilines is 1. The van der Waals surface area contributed by atoms with Crippen LogP contribution in [0.25, 0.3) is 0 Å². The Labute approximate surface area is 116 Å². The molecule has 0 aliphatic rings. The number of aromatic carboxylic acids is 1. The number of nitrogens with one attached hydrogen (secondary N) is 2. The van der Waals surface area contributed by atoms with E-state index in [0.29, 0.717) is 4.60 Å². The molecular weight excluding hydrogens is 338 g/mol. The van der Waals surface area contributed by atoms with Crippen molar-refractivity contribution in [2.75, 3.05) is 4.72 Å². The minimum absolute atomic E-state index is 0.166. The van der Waals surface area contributed by atoms with Crippen molar-refractivity contribution >= 4 is 37.6 Å². The molecule has 9 heteroatoms. The van der Waals surface area contributed by atoms with E-state index in [0.717, 1.165) is 12.3 Å². The number of aromatic amines is 1. The molecule has 0 aliphatic carbocycles. The highest BCUT2D eigenvalue weighted by atomic mass is 79.9. The van der Waals surface area contributed by atoms with Gasteiger partial charge in [-0.05, 0) is 34.1 Å². The summed E-state index contributed by atoms with van der Waals surface area (Å²) in [6.07, 6.45) is 2.61. The van der Waals surface area contributed by atoms with Gasteiger partial charge in [-0.3, -0.25) is 4.72 Å². The fourth-order valence-electron chi connectivity index (χ4n) is 1.32. The first-order chi connectivity index (χ1) is 8.90. The van der Waals surface area contributed by atoms with Gasteiger partial charge < -0.3 is 10.1 Å². The SMILES string of the molecule is O=C(O)c1cc(S(=O)(=O)Nc2cccnc2Br)c[nH]1. The summed E-state index contributed by atoms with van der Waals surface area (Å²) in [5.41, 5.74) is 0.0613. The molecule has 19 heavy (non-hydrogen) atoms. The van der Waals surface area contributed by atoms with E-state index >= 15 is 0 Å². The van der Waals surface area contributed by atoms with Gasteiger partial charge in [-0.25, -0.2) is 18.2 Å². The lowest BCUT2D eigenvalue weighted by Crippen LogP contribution is -2.12. The fraction of sp³-hybridized carbons (Fsp3) is 0. The second kappa shape index (κ2) is 5.02. The van der Waals surface area contributed by atoms with E-state index in [4.69, 9.17) is 5.11 Å². The number of carbonyl (C=O) groups is 1. The van der Waals surface area contributed by atoms with E-state index in [9.17, 15) is 13.2 Å². The molecule has 100 valence electrons. The van der Waals surface area contributed by atoms with Gasteiger partial charge >= 0.3 is 5.97 Å². The number of halogens is 1. The molecule has 2 rings (SSSR count). The summed E-state index contributed by atoms with van der Waals surface area (Å²) in [5.74, 6) is -1.23. The molecule has 0 atom stereocenters. The van der Waals surface area contributed by atoms with Crippen molar-refractivity contribution in [2.24, 2.45) is 0 Å². The molecule has 0 amide bonds. The largest absolute Gasteiger partial charge is 0.477 e. The predicted molar refractivity (Wildman–Crippen MR) is 70.5 cm³/mol. The Bertz CT molecular complexity index is 726. The Hall–Kier alpha value is -1.87. The van der Waals surface area contributed by atoms with Crippen molar-refractivity contribution in [3.05, 3.63) is 40.9 Å². The maximum absolute atomic E-state index is 12.0. The number of carboxylic acid groups (broad SMARTS) is 1. The minimum atomic E-state index is -3.86. The van der Waals surface area contributed by atoms with Crippen LogP contribution < -0.4 is 4.72 Å².